The van der Waals surface area contributed by atoms with Crippen molar-refractivity contribution in [1.82, 2.24) is 0 Å². The van der Waals surface area contributed by atoms with Gasteiger partial charge in [-0.25, -0.2) is 0 Å². The van der Waals surface area contributed by atoms with Crippen molar-refractivity contribution in [2.45, 2.75) is 13.3 Å². The second kappa shape index (κ2) is 2.55. The summed E-state index contributed by atoms with van der Waals surface area (Å²) in [5.74, 6) is 1.01. The van der Waals surface area contributed by atoms with Crippen LogP contribution < -0.4 is 5.73 Å². The Morgan fingerprint density at radius 1 is 1.33 bits per heavy atom. The molecule has 2 aromatic rings. The third kappa shape index (κ3) is 1.05. The molecule has 1 heterocycles. The molecule has 0 atom stereocenters. The second-order valence-electron chi connectivity index (χ2n) is 2.86. The minimum Gasteiger partial charge on any atom is -0.461 e. The lowest BCUT2D eigenvalue weighted by Crippen LogP contribution is -1.80. The monoisotopic (exact) mass is 161 g/mol. The van der Waals surface area contributed by atoms with E-state index in [1.807, 2.05) is 24.3 Å². The SMILES string of the molecule is CCc1cc2cc(N)ccc2o1. The van der Waals surface area contributed by atoms with Gasteiger partial charge in [-0.3, -0.25) is 0 Å². The van der Waals surface area contributed by atoms with Crippen LogP contribution in [0.2, 0.25) is 0 Å². The predicted octanol–water partition coefficient (Wildman–Crippen LogP) is 2.58. The van der Waals surface area contributed by atoms with Crippen LogP contribution in [-0.4, -0.2) is 0 Å². The van der Waals surface area contributed by atoms with Gasteiger partial charge < -0.3 is 10.2 Å². The third-order valence-corrected chi connectivity index (χ3v) is 1.94. The van der Waals surface area contributed by atoms with Gasteiger partial charge >= 0.3 is 0 Å². The molecule has 62 valence electrons. The molecular weight excluding hydrogens is 150 g/mol. The molecule has 2 heteroatoms. The van der Waals surface area contributed by atoms with Crippen LogP contribution in [0.25, 0.3) is 11.0 Å². The van der Waals surface area contributed by atoms with E-state index < -0.39 is 0 Å². The first kappa shape index (κ1) is 7.22. The van der Waals surface area contributed by atoms with Gasteiger partial charge in [-0.05, 0) is 24.3 Å². The zero-order valence-electron chi connectivity index (χ0n) is 7.00. The standard InChI is InChI=1S/C10H11NO/c1-2-9-6-7-5-8(11)3-4-10(7)12-9/h3-6H,2,11H2,1H3. The molecule has 12 heavy (non-hydrogen) atoms. The van der Waals surface area contributed by atoms with E-state index in [0.29, 0.717) is 0 Å². The largest absolute Gasteiger partial charge is 0.461 e. The van der Waals surface area contributed by atoms with Crippen molar-refractivity contribution in [3.05, 3.63) is 30.0 Å². The molecule has 0 aliphatic rings. The Kier molecular flexibility index (Phi) is 1.54. The van der Waals surface area contributed by atoms with Crippen LogP contribution in [0, 0.1) is 0 Å². The van der Waals surface area contributed by atoms with Crippen LogP contribution in [-0.2, 0) is 6.42 Å². The fourth-order valence-corrected chi connectivity index (χ4v) is 1.29. The fourth-order valence-electron chi connectivity index (χ4n) is 1.29. The summed E-state index contributed by atoms with van der Waals surface area (Å²) < 4.78 is 5.52. The van der Waals surface area contributed by atoms with Crippen molar-refractivity contribution in [2.75, 3.05) is 5.73 Å². The van der Waals surface area contributed by atoms with E-state index in [1.54, 1.807) is 0 Å². The van der Waals surface area contributed by atoms with Crippen molar-refractivity contribution < 1.29 is 4.42 Å². The molecule has 0 fully saturated rings. The van der Waals surface area contributed by atoms with Crippen molar-refractivity contribution in [3.63, 3.8) is 0 Å². The number of nitrogens with two attached hydrogens (primary N) is 1. The Hall–Kier alpha value is -1.44. The van der Waals surface area contributed by atoms with Crippen molar-refractivity contribution >= 4 is 16.7 Å². The molecule has 0 aliphatic carbocycles. The van der Waals surface area contributed by atoms with Gasteiger partial charge in [0.1, 0.15) is 11.3 Å². The minimum atomic E-state index is 0.783. The summed E-state index contributed by atoms with van der Waals surface area (Å²) in [6, 6.07) is 7.72. The highest BCUT2D eigenvalue weighted by Gasteiger charge is 2.00. The molecule has 0 unspecified atom stereocenters. The molecular formula is C10H11NO. The molecule has 0 aliphatic heterocycles. The molecule has 2 rings (SSSR count). The number of hydrogen-bond donors (Lipinski definition) is 1. The Labute approximate surface area is 71.0 Å². The van der Waals surface area contributed by atoms with Gasteiger partial charge in [0.25, 0.3) is 0 Å². The van der Waals surface area contributed by atoms with Crippen molar-refractivity contribution in [2.24, 2.45) is 0 Å². The fraction of sp³-hybridized carbons (Fsp3) is 0.200. The summed E-state index contributed by atoms with van der Waals surface area (Å²) in [6.45, 7) is 2.07. The number of nitrogen functional groups attached to an aromatic ring is 1. The maximum absolute atomic E-state index is 5.63. The Balaban J connectivity index is 2.67. The van der Waals surface area contributed by atoms with Crippen LogP contribution in [0.4, 0.5) is 5.69 Å². The van der Waals surface area contributed by atoms with Gasteiger partial charge in [-0.2, -0.15) is 0 Å². The highest BCUT2D eigenvalue weighted by atomic mass is 16.3. The summed E-state index contributed by atoms with van der Waals surface area (Å²) in [5, 5.41) is 1.09. The molecule has 2 nitrogen and oxygen atoms in total. The van der Waals surface area contributed by atoms with E-state index >= 15 is 0 Å². The number of hydrogen-bond acceptors (Lipinski definition) is 2. The summed E-state index contributed by atoms with van der Waals surface area (Å²) in [7, 11) is 0. The van der Waals surface area contributed by atoms with E-state index in [-0.39, 0.29) is 0 Å². The molecule has 2 N–H and O–H groups in total. The van der Waals surface area contributed by atoms with Gasteiger partial charge in [-0.15, -0.1) is 0 Å². The minimum absolute atomic E-state index is 0.783. The van der Waals surface area contributed by atoms with Crippen molar-refractivity contribution in [3.8, 4) is 0 Å². The predicted molar refractivity (Wildman–Crippen MR) is 50.0 cm³/mol. The highest BCUT2D eigenvalue weighted by molar-refractivity contribution is 5.81. The van der Waals surface area contributed by atoms with Crippen LogP contribution in [0.5, 0.6) is 0 Å². The quantitative estimate of drug-likeness (QED) is 0.653. The smallest absolute Gasteiger partial charge is 0.134 e. The van der Waals surface area contributed by atoms with Crippen LogP contribution in [0.1, 0.15) is 12.7 Å². The average molecular weight is 161 g/mol. The van der Waals surface area contributed by atoms with E-state index in [9.17, 15) is 0 Å². The normalized spacial score (nSPS) is 10.8. The Bertz CT molecular complexity index is 403. The number of fused-ring (bicyclic) bond motifs is 1. The van der Waals surface area contributed by atoms with Crippen molar-refractivity contribution in [1.29, 1.82) is 0 Å². The highest BCUT2D eigenvalue weighted by Crippen LogP contribution is 2.21. The Morgan fingerprint density at radius 2 is 2.17 bits per heavy atom. The Morgan fingerprint density at radius 3 is 2.92 bits per heavy atom. The first-order valence-electron chi connectivity index (χ1n) is 4.07. The van der Waals surface area contributed by atoms with E-state index in [4.69, 9.17) is 10.2 Å². The molecule has 0 bridgehead atoms. The van der Waals surface area contributed by atoms with Gasteiger partial charge in [0, 0.05) is 17.5 Å². The first-order valence-corrected chi connectivity index (χ1v) is 4.07. The van der Waals surface area contributed by atoms with Gasteiger partial charge in [0.05, 0.1) is 0 Å². The van der Waals surface area contributed by atoms with Gasteiger partial charge in [0.15, 0.2) is 0 Å². The third-order valence-electron chi connectivity index (χ3n) is 1.94. The maximum atomic E-state index is 5.63. The zero-order valence-corrected chi connectivity index (χ0v) is 7.00. The van der Waals surface area contributed by atoms with Gasteiger partial charge in [0.2, 0.25) is 0 Å². The molecule has 1 aromatic heterocycles. The van der Waals surface area contributed by atoms with E-state index in [0.717, 1.165) is 28.8 Å². The number of aryl methyl sites for hydroxylation is 1. The maximum Gasteiger partial charge on any atom is 0.134 e. The molecule has 1 aromatic carbocycles. The zero-order chi connectivity index (χ0) is 8.55. The lowest BCUT2D eigenvalue weighted by molar-refractivity contribution is 0.557. The molecule has 0 radical (unpaired) electrons. The summed E-state index contributed by atoms with van der Waals surface area (Å²) >= 11 is 0. The lowest BCUT2D eigenvalue weighted by atomic mass is 10.2. The average Bonchev–Trinajstić information content (AvgIpc) is 2.46. The summed E-state index contributed by atoms with van der Waals surface area (Å²) in [4.78, 5) is 0. The van der Waals surface area contributed by atoms with Crippen LogP contribution in [0.3, 0.4) is 0 Å². The molecule has 0 saturated heterocycles. The second-order valence-corrected chi connectivity index (χ2v) is 2.86. The van der Waals surface area contributed by atoms with E-state index in [2.05, 4.69) is 6.92 Å². The summed E-state index contributed by atoms with van der Waals surface area (Å²) in [5.41, 5.74) is 7.33. The number of anilines is 1. The molecule has 0 amide bonds. The number of rotatable bonds is 1. The van der Waals surface area contributed by atoms with E-state index in [1.165, 1.54) is 0 Å². The topological polar surface area (TPSA) is 39.2 Å². The lowest BCUT2D eigenvalue weighted by Gasteiger charge is -1.89. The number of benzene rings is 1. The van der Waals surface area contributed by atoms with Gasteiger partial charge in [-0.1, -0.05) is 6.92 Å². The molecule has 0 spiro atoms. The van der Waals surface area contributed by atoms with Crippen LogP contribution >= 0.6 is 0 Å². The molecule has 0 saturated carbocycles. The summed E-state index contributed by atoms with van der Waals surface area (Å²) in [6.07, 6.45) is 0.925. The first-order chi connectivity index (χ1) is 5.79. The number of furan rings is 1. The van der Waals surface area contributed by atoms with Crippen LogP contribution in [0.15, 0.2) is 28.7 Å².